The molecule has 2 heterocycles. The molecule has 1 saturated carbocycles. The first-order valence-corrected chi connectivity index (χ1v) is 12.3. The Balaban J connectivity index is 1.50. The van der Waals surface area contributed by atoms with Gasteiger partial charge in [-0.15, -0.1) is 0 Å². The minimum Gasteiger partial charge on any atom is -0.494 e. The zero-order valence-electron chi connectivity index (χ0n) is 20.1. The molecule has 6 nitrogen and oxygen atoms in total. The zero-order valence-corrected chi connectivity index (χ0v) is 20.1. The second-order valence-corrected chi connectivity index (χ2v) is 8.73. The first-order valence-electron chi connectivity index (χ1n) is 12.3. The summed E-state index contributed by atoms with van der Waals surface area (Å²) in [6, 6.07) is 19.3. The summed E-state index contributed by atoms with van der Waals surface area (Å²) >= 11 is 0. The lowest BCUT2D eigenvalue weighted by Gasteiger charge is -2.29. The fourth-order valence-corrected chi connectivity index (χ4v) is 4.97. The van der Waals surface area contributed by atoms with Gasteiger partial charge in [-0.3, -0.25) is 4.79 Å². The van der Waals surface area contributed by atoms with Crippen molar-refractivity contribution in [3.8, 4) is 11.5 Å². The molecule has 2 atom stereocenters. The highest BCUT2D eigenvalue weighted by molar-refractivity contribution is 6.09. The van der Waals surface area contributed by atoms with Crippen molar-refractivity contribution in [2.24, 2.45) is 11.0 Å². The Labute approximate surface area is 205 Å². The first-order chi connectivity index (χ1) is 17.2. The summed E-state index contributed by atoms with van der Waals surface area (Å²) in [7, 11) is 0. The molecule has 1 aliphatic heterocycles. The minimum absolute atomic E-state index is 0.120. The topological polar surface area (TPSA) is 64.3 Å². The minimum atomic E-state index is -0.226. The third kappa shape index (κ3) is 4.74. The molecule has 180 valence electrons. The first kappa shape index (κ1) is 23.0. The van der Waals surface area contributed by atoms with Crippen LogP contribution in [0.4, 0.5) is 0 Å². The van der Waals surface area contributed by atoms with E-state index in [1.165, 1.54) is 11.8 Å². The number of nitrogens with zero attached hydrogens (tertiary/aromatic N) is 2. The average Bonchev–Trinajstić information content (AvgIpc) is 3.55. The van der Waals surface area contributed by atoms with Crippen molar-refractivity contribution in [2.45, 2.75) is 39.2 Å². The number of fused-ring (bicyclic) bond motifs is 1. The van der Waals surface area contributed by atoms with E-state index in [4.69, 9.17) is 19.0 Å². The van der Waals surface area contributed by atoms with E-state index >= 15 is 0 Å². The van der Waals surface area contributed by atoms with E-state index in [0.29, 0.717) is 19.0 Å². The third-order valence-corrected chi connectivity index (χ3v) is 6.51. The van der Waals surface area contributed by atoms with Crippen LogP contribution in [-0.4, -0.2) is 29.8 Å². The number of hydrogen-bond donors (Lipinski definition) is 0. The molecular formula is C29H30N2O4. The quantitative estimate of drug-likeness (QED) is 0.395. The number of carbonyl (C=O) groups excluding carboxylic acids is 1. The average molecular weight is 471 g/mol. The van der Waals surface area contributed by atoms with E-state index in [-0.39, 0.29) is 17.9 Å². The van der Waals surface area contributed by atoms with Crippen molar-refractivity contribution in [2.75, 3.05) is 13.2 Å². The van der Waals surface area contributed by atoms with Crippen molar-refractivity contribution >= 4 is 17.7 Å². The maximum Gasteiger partial charge on any atom is 0.310 e. The zero-order chi connectivity index (χ0) is 24.2. The van der Waals surface area contributed by atoms with E-state index in [1.807, 2.05) is 50.2 Å². The second kappa shape index (κ2) is 10.2. The number of ether oxygens (including phenoxy) is 2. The normalized spacial score (nSPS) is 20.5. The maximum atomic E-state index is 13.4. The Kier molecular flexibility index (Phi) is 6.70. The molecule has 6 heteroatoms. The SMILES string of the molecule is CCOc1ccc(C=C2CCCC3C2=NN(C(=O)c2ccco2)C3c2ccc(OCC)cc2)cc1. The molecule has 1 aliphatic carbocycles. The van der Waals surface area contributed by atoms with Gasteiger partial charge in [0, 0.05) is 5.92 Å². The van der Waals surface area contributed by atoms with Gasteiger partial charge < -0.3 is 13.9 Å². The van der Waals surface area contributed by atoms with Crippen LogP contribution in [0, 0.1) is 5.92 Å². The fraction of sp³-hybridized carbons (Fsp3) is 0.310. The Hall–Kier alpha value is -3.80. The van der Waals surface area contributed by atoms with Crippen molar-refractivity contribution in [3.05, 3.63) is 89.4 Å². The summed E-state index contributed by atoms with van der Waals surface area (Å²) < 4.78 is 16.6. The molecule has 1 aromatic heterocycles. The van der Waals surface area contributed by atoms with Gasteiger partial charge >= 0.3 is 5.91 Å². The summed E-state index contributed by atoms with van der Waals surface area (Å²) in [6.07, 6.45) is 6.66. The monoisotopic (exact) mass is 470 g/mol. The van der Waals surface area contributed by atoms with Crippen LogP contribution in [0.5, 0.6) is 11.5 Å². The van der Waals surface area contributed by atoms with Crippen molar-refractivity contribution in [3.63, 3.8) is 0 Å². The van der Waals surface area contributed by atoms with Crippen LogP contribution in [0.1, 0.15) is 60.8 Å². The molecule has 0 radical (unpaired) electrons. The smallest absolute Gasteiger partial charge is 0.310 e. The Morgan fingerprint density at radius 3 is 2.34 bits per heavy atom. The van der Waals surface area contributed by atoms with Crippen LogP contribution in [0.2, 0.25) is 0 Å². The molecule has 3 aromatic rings. The van der Waals surface area contributed by atoms with Gasteiger partial charge in [0.2, 0.25) is 0 Å². The molecule has 0 saturated heterocycles. The molecule has 2 aromatic carbocycles. The number of hydrazone groups is 1. The van der Waals surface area contributed by atoms with Gasteiger partial charge in [0.25, 0.3) is 0 Å². The van der Waals surface area contributed by atoms with Crippen LogP contribution in [0.3, 0.4) is 0 Å². The van der Waals surface area contributed by atoms with E-state index < -0.39 is 0 Å². The van der Waals surface area contributed by atoms with Gasteiger partial charge in [0.15, 0.2) is 5.76 Å². The van der Waals surface area contributed by atoms with Gasteiger partial charge in [-0.05, 0) is 92.3 Å². The highest BCUT2D eigenvalue weighted by Crippen LogP contribution is 2.45. The number of amides is 1. The second-order valence-electron chi connectivity index (χ2n) is 8.73. The summed E-state index contributed by atoms with van der Waals surface area (Å²) in [5, 5.41) is 6.54. The summed E-state index contributed by atoms with van der Waals surface area (Å²) in [5.41, 5.74) is 4.31. The van der Waals surface area contributed by atoms with Crippen molar-refractivity contribution in [1.82, 2.24) is 5.01 Å². The van der Waals surface area contributed by atoms with Crippen LogP contribution in [-0.2, 0) is 0 Å². The summed E-state index contributed by atoms with van der Waals surface area (Å²) in [5.74, 6) is 1.87. The number of furan rings is 1. The predicted octanol–water partition coefficient (Wildman–Crippen LogP) is 6.51. The molecule has 2 aliphatic rings. The fourth-order valence-electron chi connectivity index (χ4n) is 4.97. The third-order valence-electron chi connectivity index (χ3n) is 6.51. The van der Waals surface area contributed by atoms with Crippen LogP contribution >= 0.6 is 0 Å². The largest absolute Gasteiger partial charge is 0.494 e. The maximum absolute atomic E-state index is 13.4. The standard InChI is InChI=1S/C29H30N2O4/c1-3-33-23-14-10-20(11-15-23)19-22-7-5-8-25-27(22)30-31(29(32)26-9-6-18-35-26)28(25)21-12-16-24(17-13-21)34-4-2/h6,9-19,25,28H,3-5,7-8H2,1-2H3. The molecule has 1 amide bonds. The van der Waals surface area contributed by atoms with E-state index in [2.05, 4.69) is 18.2 Å². The van der Waals surface area contributed by atoms with Crippen LogP contribution < -0.4 is 9.47 Å². The molecule has 0 bridgehead atoms. The van der Waals surface area contributed by atoms with Gasteiger partial charge in [0.1, 0.15) is 11.5 Å². The Bertz CT molecular complexity index is 1210. The van der Waals surface area contributed by atoms with E-state index in [9.17, 15) is 4.79 Å². The number of benzene rings is 2. The molecular weight excluding hydrogens is 440 g/mol. The van der Waals surface area contributed by atoms with Crippen LogP contribution in [0.25, 0.3) is 6.08 Å². The number of carbonyl (C=O) groups is 1. The molecule has 0 spiro atoms. The Morgan fingerprint density at radius 1 is 1.03 bits per heavy atom. The lowest BCUT2D eigenvalue weighted by Crippen LogP contribution is -2.31. The highest BCUT2D eigenvalue weighted by Gasteiger charge is 2.44. The molecule has 5 rings (SSSR count). The molecule has 2 unspecified atom stereocenters. The molecule has 35 heavy (non-hydrogen) atoms. The lowest BCUT2D eigenvalue weighted by atomic mass is 9.77. The summed E-state index contributed by atoms with van der Waals surface area (Å²) in [6.45, 7) is 5.20. The molecule has 1 fully saturated rings. The number of rotatable bonds is 7. The Morgan fingerprint density at radius 2 is 1.71 bits per heavy atom. The van der Waals surface area contributed by atoms with Crippen molar-refractivity contribution in [1.29, 1.82) is 0 Å². The molecule has 0 N–H and O–H groups in total. The number of hydrogen-bond acceptors (Lipinski definition) is 5. The van der Waals surface area contributed by atoms with E-state index in [1.54, 1.807) is 17.1 Å². The van der Waals surface area contributed by atoms with E-state index in [0.717, 1.165) is 47.6 Å². The highest BCUT2D eigenvalue weighted by atomic mass is 16.5. The predicted molar refractivity (Wildman–Crippen MR) is 136 cm³/mol. The lowest BCUT2D eigenvalue weighted by molar-refractivity contribution is 0.0648. The van der Waals surface area contributed by atoms with Crippen LogP contribution in [0.15, 0.2) is 82.0 Å². The van der Waals surface area contributed by atoms with Gasteiger partial charge in [0.05, 0.1) is 31.2 Å². The van der Waals surface area contributed by atoms with Crippen molar-refractivity contribution < 1.29 is 18.7 Å². The van der Waals surface area contributed by atoms with Gasteiger partial charge in [-0.25, -0.2) is 5.01 Å². The van der Waals surface area contributed by atoms with Gasteiger partial charge in [-0.2, -0.15) is 5.10 Å². The number of allylic oxidation sites excluding steroid dienone is 1. The summed E-state index contributed by atoms with van der Waals surface area (Å²) in [4.78, 5) is 13.4. The van der Waals surface area contributed by atoms with Gasteiger partial charge in [-0.1, -0.05) is 24.3 Å².